The molecule has 4 nitrogen and oxygen atoms in total. The average Bonchev–Trinajstić information content (AvgIpc) is 2.40. The first-order valence-electron chi connectivity index (χ1n) is 5.89. The standard InChI is InChI=1S/C13H13BrFN3O/c1-2-6-16-13-17-8-11(14)12(18-13)19-10-5-3-4-9(15)7-10/h3-5,7-8H,2,6H2,1H3,(H,16,17,18). The van der Waals surface area contributed by atoms with Crippen LogP contribution in [0.1, 0.15) is 13.3 Å². The second kappa shape index (κ2) is 6.47. The lowest BCUT2D eigenvalue weighted by Gasteiger charge is -2.08. The summed E-state index contributed by atoms with van der Waals surface area (Å²) in [6.07, 6.45) is 2.57. The molecule has 0 amide bonds. The summed E-state index contributed by atoms with van der Waals surface area (Å²) in [5.41, 5.74) is 0. The van der Waals surface area contributed by atoms with Crippen LogP contribution < -0.4 is 10.1 Å². The normalized spacial score (nSPS) is 10.3. The van der Waals surface area contributed by atoms with Gasteiger partial charge in [-0.2, -0.15) is 4.98 Å². The van der Waals surface area contributed by atoms with Gasteiger partial charge in [0.05, 0.1) is 10.7 Å². The van der Waals surface area contributed by atoms with Gasteiger partial charge in [0.1, 0.15) is 11.6 Å². The van der Waals surface area contributed by atoms with Crippen molar-refractivity contribution in [3.8, 4) is 11.6 Å². The molecule has 0 atom stereocenters. The molecule has 0 radical (unpaired) electrons. The summed E-state index contributed by atoms with van der Waals surface area (Å²) in [6.45, 7) is 2.83. The smallest absolute Gasteiger partial charge is 0.238 e. The molecule has 1 aromatic carbocycles. The highest BCUT2D eigenvalue weighted by Crippen LogP contribution is 2.28. The molecule has 0 aliphatic carbocycles. The van der Waals surface area contributed by atoms with E-state index in [9.17, 15) is 4.39 Å². The van der Waals surface area contributed by atoms with Gasteiger partial charge in [-0.15, -0.1) is 0 Å². The van der Waals surface area contributed by atoms with Crippen molar-refractivity contribution in [2.45, 2.75) is 13.3 Å². The molecule has 0 saturated carbocycles. The molecular weight excluding hydrogens is 313 g/mol. The number of halogens is 2. The Kier molecular flexibility index (Phi) is 4.68. The Bertz CT molecular complexity index is 565. The van der Waals surface area contributed by atoms with E-state index in [1.807, 2.05) is 0 Å². The number of hydrogen-bond donors (Lipinski definition) is 1. The predicted molar refractivity (Wildman–Crippen MR) is 75.0 cm³/mol. The van der Waals surface area contributed by atoms with E-state index < -0.39 is 0 Å². The Balaban J connectivity index is 2.19. The highest BCUT2D eigenvalue weighted by molar-refractivity contribution is 9.10. The first kappa shape index (κ1) is 13.7. The van der Waals surface area contributed by atoms with Crippen molar-refractivity contribution in [1.82, 2.24) is 9.97 Å². The van der Waals surface area contributed by atoms with Crippen molar-refractivity contribution in [3.05, 3.63) is 40.8 Å². The van der Waals surface area contributed by atoms with Gasteiger partial charge < -0.3 is 10.1 Å². The van der Waals surface area contributed by atoms with Gasteiger partial charge in [-0.1, -0.05) is 13.0 Å². The predicted octanol–water partition coefficient (Wildman–Crippen LogP) is 3.99. The third-order valence-electron chi connectivity index (χ3n) is 2.26. The minimum Gasteiger partial charge on any atom is -0.438 e. The van der Waals surface area contributed by atoms with E-state index in [4.69, 9.17) is 4.74 Å². The molecule has 0 aliphatic heterocycles. The topological polar surface area (TPSA) is 47.0 Å². The fourth-order valence-electron chi connectivity index (χ4n) is 1.39. The Morgan fingerprint density at radius 3 is 3.00 bits per heavy atom. The van der Waals surface area contributed by atoms with Crippen LogP contribution in [-0.4, -0.2) is 16.5 Å². The van der Waals surface area contributed by atoms with Crippen molar-refractivity contribution >= 4 is 21.9 Å². The van der Waals surface area contributed by atoms with Crippen LogP contribution in [0, 0.1) is 5.82 Å². The summed E-state index contributed by atoms with van der Waals surface area (Å²) in [7, 11) is 0. The molecule has 0 unspecified atom stereocenters. The molecule has 0 aliphatic rings. The van der Waals surface area contributed by atoms with Gasteiger partial charge in [-0.05, 0) is 34.5 Å². The summed E-state index contributed by atoms with van der Waals surface area (Å²) in [5, 5.41) is 3.06. The van der Waals surface area contributed by atoms with Crippen molar-refractivity contribution in [1.29, 1.82) is 0 Å². The van der Waals surface area contributed by atoms with Crippen LogP contribution in [0.15, 0.2) is 34.9 Å². The van der Waals surface area contributed by atoms with E-state index >= 15 is 0 Å². The first-order valence-corrected chi connectivity index (χ1v) is 6.68. The molecule has 2 aromatic rings. The maximum atomic E-state index is 13.1. The number of benzene rings is 1. The Labute approximate surface area is 119 Å². The largest absolute Gasteiger partial charge is 0.438 e. The molecule has 6 heteroatoms. The average molecular weight is 326 g/mol. The van der Waals surface area contributed by atoms with Gasteiger partial charge in [0.15, 0.2) is 0 Å². The van der Waals surface area contributed by atoms with E-state index in [2.05, 4.69) is 38.1 Å². The SMILES string of the molecule is CCCNc1ncc(Br)c(Oc2cccc(F)c2)n1. The zero-order valence-electron chi connectivity index (χ0n) is 10.4. The second-order valence-electron chi connectivity index (χ2n) is 3.83. The van der Waals surface area contributed by atoms with Crippen molar-refractivity contribution in [3.63, 3.8) is 0 Å². The first-order chi connectivity index (χ1) is 9.19. The highest BCUT2D eigenvalue weighted by Gasteiger charge is 2.08. The fraction of sp³-hybridized carbons (Fsp3) is 0.231. The van der Waals surface area contributed by atoms with Crippen LogP contribution in [0.4, 0.5) is 10.3 Å². The number of rotatable bonds is 5. The van der Waals surface area contributed by atoms with Crippen LogP contribution in [0.2, 0.25) is 0 Å². The Morgan fingerprint density at radius 2 is 2.26 bits per heavy atom. The number of nitrogens with one attached hydrogen (secondary N) is 1. The molecule has 0 fully saturated rings. The van der Waals surface area contributed by atoms with Crippen molar-refractivity contribution in [2.24, 2.45) is 0 Å². The van der Waals surface area contributed by atoms with Gasteiger partial charge in [0.2, 0.25) is 11.8 Å². The number of ether oxygens (including phenoxy) is 1. The summed E-state index contributed by atoms with van der Waals surface area (Å²) >= 11 is 3.30. The lowest BCUT2D eigenvalue weighted by atomic mass is 10.3. The fourth-order valence-corrected chi connectivity index (χ4v) is 1.66. The zero-order chi connectivity index (χ0) is 13.7. The summed E-state index contributed by atoms with van der Waals surface area (Å²) in [6, 6.07) is 5.90. The maximum Gasteiger partial charge on any atom is 0.238 e. The van der Waals surface area contributed by atoms with Gasteiger partial charge >= 0.3 is 0 Å². The van der Waals surface area contributed by atoms with Crippen LogP contribution in [0.3, 0.4) is 0 Å². The van der Waals surface area contributed by atoms with Crippen molar-refractivity contribution < 1.29 is 9.13 Å². The number of aromatic nitrogens is 2. The molecule has 1 heterocycles. The van der Waals surface area contributed by atoms with Crippen molar-refractivity contribution in [2.75, 3.05) is 11.9 Å². The molecule has 1 N–H and O–H groups in total. The molecular formula is C13H13BrFN3O. The van der Waals surface area contributed by atoms with Gasteiger partial charge in [-0.3, -0.25) is 0 Å². The van der Waals surface area contributed by atoms with Crippen LogP contribution in [-0.2, 0) is 0 Å². The van der Waals surface area contributed by atoms with E-state index in [0.29, 0.717) is 22.1 Å². The monoisotopic (exact) mass is 325 g/mol. The second-order valence-corrected chi connectivity index (χ2v) is 4.69. The molecule has 1 aromatic heterocycles. The van der Waals surface area contributed by atoms with E-state index in [-0.39, 0.29) is 5.82 Å². The Hall–Kier alpha value is -1.69. The third-order valence-corrected chi connectivity index (χ3v) is 2.80. The molecule has 2 rings (SSSR count). The molecule has 19 heavy (non-hydrogen) atoms. The minimum atomic E-state index is -0.355. The number of anilines is 1. The zero-order valence-corrected chi connectivity index (χ0v) is 11.9. The molecule has 0 saturated heterocycles. The van der Waals surface area contributed by atoms with Crippen LogP contribution in [0.25, 0.3) is 0 Å². The maximum absolute atomic E-state index is 13.1. The van der Waals surface area contributed by atoms with Gasteiger partial charge in [-0.25, -0.2) is 9.37 Å². The van der Waals surface area contributed by atoms with E-state index in [0.717, 1.165) is 13.0 Å². The summed E-state index contributed by atoms with van der Waals surface area (Å²) in [4.78, 5) is 8.33. The Morgan fingerprint density at radius 1 is 1.42 bits per heavy atom. The van der Waals surface area contributed by atoms with Gasteiger partial charge in [0, 0.05) is 12.6 Å². The lowest BCUT2D eigenvalue weighted by molar-refractivity contribution is 0.454. The van der Waals surface area contributed by atoms with Gasteiger partial charge in [0.25, 0.3) is 0 Å². The summed E-state index contributed by atoms with van der Waals surface area (Å²) < 4.78 is 19.2. The number of hydrogen-bond acceptors (Lipinski definition) is 4. The molecule has 0 spiro atoms. The minimum absolute atomic E-state index is 0.346. The third kappa shape index (κ3) is 3.89. The van der Waals surface area contributed by atoms with Crippen LogP contribution >= 0.6 is 15.9 Å². The van der Waals surface area contributed by atoms with Crippen LogP contribution in [0.5, 0.6) is 11.6 Å². The molecule has 0 bridgehead atoms. The highest BCUT2D eigenvalue weighted by atomic mass is 79.9. The lowest BCUT2D eigenvalue weighted by Crippen LogP contribution is -2.05. The quantitative estimate of drug-likeness (QED) is 0.902. The van der Waals surface area contributed by atoms with E-state index in [1.165, 1.54) is 12.1 Å². The van der Waals surface area contributed by atoms with E-state index in [1.54, 1.807) is 18.3 Å². The number of nitrogens with zero attached hydrogens (tertiary/aromatic N) is 2. The molecule has 100 valence electrons. The summed E-state index contributed by atoms with van der Waals surface area (Å²) in [5.74, 6) is 0.864.